The molecular formula is C11H18N2S. The van der Waals surface area contributed by atoms with Gasteiger partial charge < -0.3 is 9.13 Å². The third-order valence-corrected chi connectivity index (χ3v) is 2.75. The van der Waals surface area contributed by atoms with Crippen LogP contribution in [0.5, 0.6) is 0 Å². The van der Waals surface area contributed by atoms with Crippen LogP contribution in [0.2, 0.25) is 0 Å². The van der Waals surface area contributed by atoms with E-state index in [0.29, 0.717) is 12.1 Å². The summed E-state index contributed by atoms with van der Waals surface area (Å²) in [5.74, 6) is 0. The van der Waals surface area contributed by atoms with Crippen molar-refractivity contribution in [3.8, 4) is 0 Å². The molecule has 0 N–H and O–H groups in total. The van der Waals surface area contributed by atoms with Crippen molar-refractivity contribution in [2.24, 2.45) is 0 Å². The molecule has 14 heavy (non-hydrogen) atoms. The van der Waals surface area contributed by atoms with Crippen LogP contribution in [0.15, 0.2) is 0 Å². The van der Waals surface area contributed by atoms with Crippen molar-refractivity contribution in [2.75, 3.05) is 0 Å². The average Bonchev–Trinajstić information content (AvgIpc) is 2.23. The standard InChI is InChI=1S/C11H18N2S/c1-7(2)12-9(5)10(6)13(8(3)4)11(12)14/h7-8H,5-6H2,1-4H3. The Labute approximate surface area is 90.2 Å². The van der Waals surface area contributed by atoms with Crippen LogP contribution in [0.4, 0.5) is 0 Å². The fourth-order valence-electron chi connectivity index (χ4n) is 1.69. The van der Waals surface area contributed by atoms with Gasteiger partial charge in [-0.2, -0.15) is 0 Å². The summed E-state index contributed by atoms with van der Waals surface area (Å²) >= 11 is 5.40. The van der Waals surface area contributed by atoms with Crippen LogP contribution >= 0.6 is 12.2 Å². The van der Waals surface area contributed by atoms with E-state index in [2.05, 4.69) is 50.0 Å². The van der Waals surface area contributed by atoms with Crippen LogP contribution in [0.1, 0.15) is 39.8 Å². The molecule has 1 aromatic heterocycles. The molecule has 0 bridgehead atoms. The lowest BCUT2D eigenvalue weighted by molar-refractivity contribution is 0.532. The Kier molecular flexibility index (Phi) is 3.00. The largest absolute Gasteiger partial charge is 0.315 e. The molecule has 78 valence electrons. The molecule has 0 aliphatic carbocycles. The molecule has 0 aliphatic heterocycles. The lowest BCUT2D eigenvalue weighted by Gasteiger charge is -2.09. The summed E-state index contributed by atoms with van der Waals surface area (Å²) in [6, 6.07) is 0.686. The van der Waals surface area contributed by atoms with Gasteiger partial charge in [-0.15, -0.1) is 0 Å². The maximum Gasteiger partial charge on any atom is 0.181 e. The maximum absolute atomic E-state index is 5.40. The minimum Gasteiger partial charge on any atom is -0.315 e. The quantitative estimate of drug-likeness (QED) is 0.679. The highest BCUT2D eigenvalue weighted by Crippen LogP contribution is 2.05. The molecule has 0 radical (unpaired) electrons. The Morgan fingerprint density at radius 2 is 1.21 bits per heavy atom. The minimum atomic E-state index is 0.343. The van der Waals surface area contributed by atoms with Crippen molar-refractivity contribution in [3.05, 3.63) is 15.5 Å². The highest BCUT2D eigenvalue weighted by atomic mass is 32.1. The second-order valence-corrected chi connectivity index (χ2v) is 4.47. The van der Waals surface area contributed by atoms with Crippen LogP contribution in [-0.2, 0) is 0 Å². The molecular weight excluding hydrogens is 192 g/mol. The lowest BCUT2D eigenvalue weighted by atomic mass is 10.4. The van der Waals surface area contributed by atoms with E-state index in [0.717, 1.165) is 15.5 Å². The van der Waals surface area contributed by atoms with E-state index in [9.17, 15) is 0 Å². The van der Waals surface area contributed by atoms with E-state index in [1.54, 1.807) is 0 Å². The van der Waals surface area contributed by atoms with Crippen LogP contribution in [0.25, 0.3) is 13.2 Å². The molecule has 1 aromatic rings. The summed E-state index contributed by atoms with van der Waals surface area (Å²) in [7, 11) is 0. The van der Waals surface area contributed by atoms with E-state index >= 15 is 0 Å². The summed E-state index contributed by atoms with van der Waals surface area (Å²) in [6.45, 7) is 16.5. The minimum absolute atomic E-state index is 0.343. The van der Waals surface area contributed by atoms with Gasteiger partial charge in [0.1, 0.15) is 0 Å². The van der Waals surface area contributed by atoms with E-state index in [1.807, 2.05) is 0 Å². The molecule has 2 nitrogen and oxygen atoms in total. The highest BCUT2D eigenvalue weighted by molar-refractivity contribution is 7.71. The van der Waals surface area contributed by atoms with E-state index < -0.39 is 0 Å². The normalized spacial score (nSPS) is 11.6. The molecule has 0 aliphatic rings. The summed E-state index contributed by atoms with van der Waals surface area (Å²) in [4.78, 5) is 0. The SMILES string of the molecule is C=c1c(=C)n(C(C)C)c(=S)n1C(C)C. The first-order valence-electron chi connectivity index (χ1n) is 4.88. The zero-order valence-corrected chi connectivity index (χ0v) is 10.2. The molecule has 0 saturated heterocycles. The number of nitrogens with zero attached hydrogens (tertiary/aromatic N) is 2. The Morgan fingerprint density at radius 1 is 0.929 bits per heavy atom. The van der Waals surface area contributed by atoms with E-state index in [4.69, 9.17) is 12.2 Å². The van der Waals surface area contributed by atoms with Crippen LogP contribution < -0.4 is 10.7 Å². The molecule has 0 atom stereocenters. The van der Waals surface area contributed by atoms with Crippen molar-refractivity contribution < 1.29 is 0 Å². The Bertz CT molecular complexity index is 434. The number of aromatic nitrogens is 2. The lowest BCUT2D eigenvalue weighted by Crippen LogP contribution is -2.31. The zero-order chi connectivity index (χ0) is 11.0. The Hall–Kier alpha value is -0.830. The molecule has 1 heterocycles. The highest BCUT2D eigenvalue weighted by Gasteiger charge is 2.09. The monoisotopic (exact) mass is 210 g/mol. The summed E-state index contributed by atoms with van der Waals surface area (Å²) < 4.78 is 4.93. The van der Waals surface area contributed by atoms with Gasteiger partial charge >= 0.3 is 0 Å². The first kappa shape index (κ1) is 11.2. The molecule has 0 spiro atoms. The summed E-state index contributed by atoms with van der Waals surface area (Å²) in [6.07, 6.45) is 0. The predicted molar refractivity (Wildman–Crippen MR) is 64.3 cm³/mol. The molecule has 0 fully saturated rings. The zero-order valence-electron chi connectivity index (χ0n) is 9.37. The summed E-state index contributed by atoms with van der Waals surface area (Å²) in [5, 5.41) is 1.86. The van der Waals surface area contributed by atoms with Gasteiger partial charge in [0.25, 0.3) is 0 Å². The van der Waals surface area contributed by atoms with Gasteiger partial charge in [-0.3, -0.25) is 0 Å². The van der Waals surface area contributed by atoms with E-state index in [-0.39, 0.29) is 0 Å². The van der Waals surface area contributed by atoms with Crippen molar-refractivity contribution in [2.45, 2.75) is 39.8 Å². The van der Waals surface area contributed by atoms with Crippen molar-refractivity contribution in [1.29, 1.82) is 0 Å². The first-order chi connectivity index (χ1) is 6.37. The third kappa shape index (κ3) is 1.57. The van der Waals surface area contributed by atoms with Crippen LogP contribution in [-0.4, -0.2) is 9.13 Å². The Balaban J connectivity index is 3.68. The number of hydrogen-bond donors (Lipinski definition) is 0. The number of imidazole rings is 1. The van der Waals surface area contributed by atoms with Crippen molar-refractivity contribution in [3.63, 3.8) is 0 Å². The number of rotatable bonds is 2. The van der Waals surface area contributed by atoms with Gasteiger partial charge in [0, 0.05) is 12.1 Å². The maximum atomic E-state index is 5.40. The topological polar surface area (TPSA) is 9.86 Å². The molecule has 1 rings (SSSR count). The second-order valence-electron chi connectivity index (χ2n) is 4.10. The smallest absolute Gasteiger partial charge is 0.181 e. The van der Waals surface area contributed by atoms with Gasteiger partial charge in [0.2, 0.25) is 0 Å². The second kappa shape index (κ2) is 3.73. The van der Waals surface area contributed by atoms with Crippen LogP contribution in [0.3, 0.4) is 0 Å². The molecule has 0 aromatic carbocycles. The molecule has 0 unspecified atom stereocenters. The van der Waals surface area contributed by atoms with E-state index in [1.165, 1.54) is 0 Å². The predicted octanol–water partition coefficient (Wildman–Crippen LogP) is 2.00. The summed E-state index contributed by atoms with van der Waals surface area (Å²) in [5.41, 5.74) is 0. The average molecular weight is 210 g/mol. The molecule has 0 saturated carbocycles. The molecule has 3 heteroatoms. The number of hydrogen-bond acceptors (Lipinski definition) is 1. The van der Waals surface area contributed by atoms with Gasteiger partial charge in [0.15, 0.2) is 4.77 Å². The van der Waals surface area contributed by atoms with Gasteiger partial charge in [0.05, 0.1) is 10.7 Å². The fourth-order valence-corrected chi connectivity index (χ4v) is 2.33. The Morgan fingerprint density at radius 3 is 1.36 bits per heavy atom. The molecule has 0 amide bonds. The first-order valence-corrected chi connectivity index (χ1v) is 5.29. The van der Waals surface area contributed by atoms with Gasteiger partial charge in [-0.1, -0.05) is 13.2 Å². The third-order valence-electron chi connectivity index (χ3n) is 2.36. The van der Waals surface area contributed by atoms with Crippen molar-refractivity contribution >= 4 is 25.4 Å². The van der Waals surface area contributed by atoms with Gasteiger partial charge in [-0.05, 0) is 39.9 Å². The van der Waals surface area contributed by atoms with Gasteiger partial charge in [-0.25, -0.2) is 0 Å². The van der Waals surface area contributed by atoms with Crippen molar-refractivity contribution in [1.82, 2.24) is 9.13 Å². The van der Waals surface area contributed by atoms with Crippen LogP contribution in [0, 0.1) is 4.77 Å². The fraction of sp³-hybridized carbons (Fsp3) is 0.545.